The summed E-state index contributed by atoms with van der Waals surface area (Å²) in [5.41, 5.74) is 5.42. The average molecular weight is 446 g/mol. The number of aryl methyl sites for hydroxylation is 3. The third-order valence-corrected chi connectivity index (χ3v) is 7.10. The van der Waals surface area contributed by atoms with Crippen molar-refractivity contribution < 1.29 is 4.79 Å². The molecule has 0 N–H and O–H groups in total. The number of rotatable bonds is 4. The quantitative estimate of drug-likeness (QED) is 0.443. The Morgan fingerprint density at radius 2 is 1.88 bits per heavy atom. The van der Waals surface area contributed by atoms with Crippen LogP contribution >= 0.6 is 11.3 Å². The van der Waals surface area contributed by atoms with Gasteiger partial charge in [0.05, 0.1) is 27.0 Å². The molecule has 1 unspecified atom stereocenters. The van der Waals surface area contributed by atoms with Gasteiger partial charge < -0.3 is 9.30 Å². The number of imidazole rings is 1. The van der Waals surface area contributed by atoms with Gasteiger partial charge >= 0.3 is 0 Å². The molecule has 0 aliphatic carbocycles. The molecule has 1 aliphatic heterocycles. The van der Waals surface area contributed by atoms with Crippen LogP contribution in [-0.4, -0.2) is 42.7 Å². The maximum Gasteiger partial charge on any atom is 0.274 e. The maximum absolute atomic E-state index is 13.7. The summed E-state index contributed by atoms with van der Waals surface area (Å²) in [7, 11) is 0. The molecule has 1 saturated heterocycles. The number of thiazole rings is 1. The summed E-state index contributed by atoms with van der Waals surface area (Å²) in [5.74, 6) is 0.0374. The third kappa shape index (κ3) is 3.93. The van der Waals surface area contributed by atoms with Gasteiger partial charge in [-0.15, -0.1) is 11.3 Å². The number of amides is 1. The van der Waals surface area contributed by atoms with E-state index in [1.807, 2.05) is 62.2 Å². The van der Waals surface area contributed by atoms with Gasteiger partial charge in [-0.2, -0.15) is 0 Å². The van der Waals surface area contributed by atoms with Gasteiger partial charge in [0.1, 0.15) is 5.69 Å². The van der Waals surface area contributed by atoms with Crippen molar-refractivity contribution in [1.29, 1.82) is 0 Å². The van der Waals surface area contributed by atoms with Gasteiger partial charge in [0.15, 0.2) is 5.65 Å². The van der Waals surface area contributed by atoms with Gasteiger partial charge in [-0.3, -0.25) is 9.78 Å². The highest BCUT2D eigenvalue weighted by atomic mass is 32.1. The van der Waals surface area contributed by atoms with E-state index in [9.17, 15) is 4.79 Å². The molecule has 5 rings (SSSR count). The molecule has 4 heterocycles. The fraction of sp³-hybridized carbons (Fsp3) is 0.360. The lowest BCUT2D eigenvalue weighted by molar-refractivity contribution is 0.0608. The van der Waals surface area contributed by atoms with Crippen molar-refractivity contribution in [3.63, 3.8) is 0 Å². The molecule has 0 bridgehead atoms. The first-order chi connectivity index (χ1) is 15.5. The summed E-state index contributed by atoms with van der Waals surface area (Å²) < 4.78 is 2.05. The van der Waals surface area contributed by atoms with Gasteiger partial charge in [-0.1, -0.05) is 30.3 Å². The summed E-state index contributed by atoms with van der Waals surface area (Å²) in [5, 5.41) is 0.916. The molecule has 1 aromatic carbocycles. The molecular weight excluding hydrogens is 418 g/mol. The van der Waals surface area contributed by atoms with Crippen molar-refractivity contribution in [1.82, 2.24) is 24.3 Å². The molecule has 3 aromatic heterocycles. The van der Waals surface area contributed by atoms with Crippen LogP contribution in [0.4, 0.5) is 0 Å². The number of hydrogen-bond acceptors (Lipinski definition) is 5. The fourth-order valence-corrected chi connectivity index (χ4v) is 5.58. The highest BCUT2D eigenvalue weighted by Gasteiger charge is 2.31. The van der Waals surface area contributed by atoms with Crippen LogP contribution in [0.5, 0.6) is 0 Å². The number of likely N-dealkylation sites (tertiary alicyclic amines) is 1. The summed E-state index contributed by atoms with van der Waals surface area (Å²) in [4.78, 5) is 30.7. The Labute approximate surface area is 192 Å². The highest BCUT2D eigenvalue weighted by molar-refractivity contribution is 7.15. The van der Waals surface area contributed by atoms with Gasteiger partial charge in [0.25, 0.3) is 5.91 Å². The van der Waals surface area contributed by atoms with Crippen molar-refractivity contribution in [2.24, 2.45) is 0 Å². The number of fused-ring (bicyclic) bond motifs is 1. The van der Waals surface area contributed by atoms with E-state index in [2.05, 4.69) is 20.6 Å². The number of benzene rings is 1. The number of carbonyl (C=O) groups excluding carboxylic acids is 1. The topological polar surface area (TPSA) is 63.4 Å². The summed E-state index contributed by atoms with van der Waals surface area (Å²) in [6, 6.07) is 10.2. The largest absolute Gasteiger partial charge is 0.334 e. The normalized spacial score (nSPS) is 16.6. The Morgan fingerprint density at radius 3 is 2.69 bits per heavy atom. The van der Waals surface area contributed by atoms with Crippen molar-refractivity contribution in [3.05, 3.63) is 70.5 Å². The van der Waals surface area contributed by atoms with E-state index in [0.717, 1.165) is 70.4 Å². The zero-order valence-electron chi connectivity index (χ0n) is 18.7. The van der Waals surface area contributed by atoms with Gasteiger partial charge in [-0.25, -0.2) is 9.97 Å². The molecule has 6 nitrogen and oxygen atoms in total. The molecule has 164 valence electrons. The zero-order chi connectivity index (χ0) is 22.2. The third-order valence-electron chi connectivity index (χ3n) is 6.08. The SMILES string of the molecule is Cc1cn2cc(CC3CCCCN3C(=O)c3nc(C)sc3-c3ccccc3)nc2c(C)n1. The van der Waals surface area contributed by atoms with Crippen LogP contribution in [0.2, 0.25) is 0 Å². The second-order valence-corrected chi connectivity index (χ2v) is 9.76. The molecular formula is C25H27N5OS. The van der Waals surface area contributed by atoms with E-state index >= 15 is 0 Å². The molecule has 7 heteroatoms. The Morgan fingerprint density at radius 1 is 1.06 bits per heavy atom. The lowest BCUT2D eigenvalue weighted by Crippen LogP contribution is -2.45. The monoisotopic (exact) mass is 445 g/mol. The first-order valence-electron chi connectivity index (χ1n) is 11.2. The molecule has 4 aromatic rings. The van der Waals surface area contributed by atoms with E-state index in [4.69, 9.17) is 4.98 Å². The fourth-order valence-electron chi connectivity index (χ4n) is 4.67. The number of hydrogen-bond donors (Lipinski definition) is 0. The summed E-state index contributed by atoms with van der Waals surface area (Å²) in [6.45, 7) is 6.72. The van der Waals surface area contributed by atoms with Crippen molar-refractivity contribution in [3.8, 4) is 10.4 Å². The molecule has 0 saturated carbocycles. The van der Waals surface area contributed by atoms with Crippen LogP contribution in [0, 0.1) is 20.8 Å². The minimum absolute atomic E-state index is 0.0374. The Balaban J connectivity index is 1.44. The maximum atomic E-state index is 13.7. The second kappa shape index (κ2) is 8.47. The molecule has 1 fully saturated rings. The summed E-state index contributed by atoms with van der Waals surface area (Å²) in [6.07, 6.45) is 7.97. The lowest BCUT2D eigenvalue weighted by atomic mass is 9.97. The molecule has 32 heavy (non-hydrogen) atoms. The predicted octanol–water partition coefficient (Wildman–Crippen LogP) is 5.02. The first kappa shape index (κ1) is 20.8. The number of carbonyl (C=O) groups is 1. The number of aromatic nitrogens is 4. The minimum Gasteiger partial charge on any atom is -0.334 e. The molecule has 0 spiro atoms. The highest BCUT2D eigenvalue weighted by Crippen LogP contribution is 2.32. The van der Waals surface area contributed by atoms with Crippen molar-refractivity contribution in [2.75, 3.05) is 6.54 Å². The van der Waals surface area contributed by atoms with Crippen LogP contribution in [0.15, 0.2) is 42.7 Å². The first-order valence-corrected chi connectivity index (χ1v) is 12.0. The van der Waals surface area contributed by atoms with Gasteiger partial charge in [-0.05, 0) is 45.6 Å². The van der Waals surface area contributed by atoms with Gasteiger partial charge in [0.2, 0.25) is 0 Å². The van der Waals surface area contributed by atoms with Crippen LogP contribution in [-0.2, 0) is 6.42 Å². The van der Waals surface area contributed by atoms with Crippen LogP contribution in [0.25, 0.3) is 16.1 Å². The molecule has 1 atom stereocenters. The van der Waals surface area contributed by atoms with E-state index in [1.54, 1.807) is 11.3 Å². The minimum atomic E-state index is 0.0374. The molecule has 1 amide bonds. The smallest absolute Gasteiger partial charge is 0.274 e. The van der Waals surface area contributed by atoms with E-state index in [1.165, 1.54) is 0 Å². The van der Waals surface area contributed by atoms with Crippen LogP contribution < -0.4 is 0 Å². The molecule has 1 aliphatic rings. The van der Waals surface area contributed by atoms with E-state index in [0.29, 0.717) is 5.69 Å². The number of piperidine rings is 1. The number of nitrogens with zero attached hydrogens (tertiary/aromatic N) is 5. The van der Waals surface area contributed by atoms with Gasteiger partial charge in [0, 0.05) is 31.4 Å². The van der Waals surface area contributed by atoms with Crippen LogP contribution in [0.3, 0.4) is 0 Å². The lowest BCUT2D eigenvalue weighted by Gasteiger charge is -2.35. The van der Waals surface area contributed by atoms with Crippen molar-refractivity contribution >= 4 is 22.9 Å². The zero-order valence-corrected chi connectivity index (χ0v) is 19.5. The standard InChI is InChI=1S/C25H27N5OS/c1-16-14-29-15-20(28-24(29)17(2)26-16)13-21-11-7-8-12-30(21)25(31)22-23(32-18(3)27-22)19-9-5-4-6-10-19/h4-6,9-10,14-15,21H,7-8,11-13H2,1-3H3. The predicted molar refractivity (Wildman–Crippen MR) is 127 cm³/mol. The molecule has 0 radical (unpaired) electrons. The Bertz CT molecular complexity index is 1280. The van der Waals surface area contributed by atoms with E-state index in [-0.39, 0.29) is 11.9 Å². The van der Waals surface area contributed by atoms with Crippen molar-refractivity contribution in [2.45, 2.75) is 52.5 Å². The Kier molecular flexibility index (Phi) is 5.51. The second-order valence-electron chi connectivity index (χ2n) is 8.56. The van der Waals surface area contributed by atoms with Crippen LogP contribution in [0.1, 0.15) is 51.8 Å². The average Bonchev–Trinajstić information content (AvgIpc) is 3.37. The summed E-state index contributed by atoms with van der Waals surface area (Å²) >= 11 is 1.59. The Hall–Kier alpha value is -3.06. The van der Waals surface area contributed by atoms with E-state index < -0.39 is 0 Å².